The molecule has 2 atom stereocenters. The average molecular weight is 452 g/mol. The maximum absolute atomic E-state index is 13.3. The van der Waals surface area contributed by atoms with Crippen molar-refractivity contribution in [1.82, 2.24) is 5.32 Å². The van der Waals surface area contributed by atoms with Crippen LogP contribution in [0, 0.1) is 0 Å². The quantitative estimate of drug-likeness (QED) is 0.276. The number of benzene rings is 4. The molecule has 172 valence electrons. The first-order chi connectivity index (χ1) is 16.6. The third-order valence-corrected chi connectivity index (χ3v) is 5.95. The summed E-state index contributed by atoms with van der Waals surface area (Å²) in [7, 11) is 0. The van der Waals surface area contributed by atoms with Crippen molar-refractivity contribution in [3.8, 4) is 0 Å². The second kappa shape index (κ2) is 10.9. The molecule has 0 saturated carbocycles. The van der Waals surface area contributed by atoms with Crippen molar-refractivity contribution in [1.29, 1.82) is 0 Å². The Hall–Kier alpha value is -3.73. The lowest BCUT2D eigenvalue weighted by atomic mass is 9.76. The molecule has 4 aromatic carbocycles. The van der Waals surface area contributed by atoms with Crippen LogP contribution in [-0.2, 0) is 21.7 Å². The molecule has 34 heavy (non-hydrogen) atoms. The van der Waals surface area contributed by atoms with E-state index < -0.39 is 23.7 Å². The second-order valence-corrected chi connectivity index (χ2v) is 8.30. The smallest absolute Gasteiger partial charge is 0.326 e. The molecule has 0 aliphatic heterocycles. The largest absolute Gasteiger partial charge is 0.460 e. The molecule has 0 aliphatic carbocycles. The van der Waals surface area contributed by atoms with Crippen molar-refractivity contribution in [3.63, 3.8) is 0 Å². The topological polar surface area (TPSA) is 58.6 Å². The SMILES string of the molecule is C[C@H](O)[C@H](NC(c1ccccc1)(c1ccccc1)c1ccccc1)C(=O)OCc1ccccc1. The van der Waals surface area contributed by atoms with E-state index in [1.54, 1.807) is 6.92 Å². The molecule has 4 aromatic rings. The first-order valence-corrected chi connectivity index (χ1v) is 11.4. The number of ether oxygens (including phenoxy) is 1. The van der Waals surface area contributed by atoms with E-state index in [0.717, 1.165) is 22.3 Å². The Morgan fingerprint density at radius 1 is 0.735 bits per heavy atom. The minimum atomic E-state index is -0.987. The molecule has 0 bridgehead atoms. The highest BCUT2D eigenvalue weighted by molar-refractivity contribution is 5.77. The van der Waals surface area contributed by atoms with Crippen LogP contribution < -0.4 is 5.32 Å². The summed E-state index contributed by atoms with van der Waals surface area (Å²) in [5.41, 5.74) is 2.86. The number of hydrogen-bond acceptors (Lipinski definition) is 4. The van der Waals surface area contributed by atoms with Gasteiger partial charge in [0, 0.05) is 0 Å². The van der Waals surface area contributed by atoms with Crippen molar-refractivity contribution in [2.75, 3.05) is 0 Å². The Balaban J connectivity index is 1.78. The highest BCUT2D eigenvalue weighted by atomic mass is 16.5. The van der Waals surface area contributed by atoms with Crippen LogP contribution in [0.2, 0.25) is 0 Å². The number of aliphatic hydroxyl groups excluding tert-OH is 1. The summed E-state index contributed by atoms with van der Waals surface area (Å²) in [5.74, 6) is -0.508. The number of carbonyl (C=O) groups is 1. The standard InChI is InChI=1S/C30H29NO3/c1-23(32)28(29(33)34-22-24-14-6-2-7-15-24)31-30(25-16-8-3-9-17-25,26-18-10-4-11-19-26)27-20-12-5-13-21-27/h2-21,23,28,31-32H,22H2,1H3/t23-,28-/m0/s1. The van der Waals surface area contributed by atoms with Gasteiger partial charge >= 0.3 is 5.97 Å². The van der Waals surface area contributed by atoms with Gasteiger partial charge in [0.15, 0.2) is 0 Å². The van der Waals surface area contributed by atoms with E-state index in [1.165, 1.54) is 0 Å². The summed E-state index contributed by atoms with van der Waals surface area (Å²) >= 11 is 0. The molecule has 0 fully saturated rings. The zero-order valence-electron chi connectivity index (χ0n) is 19.2. The summed E-state index contributed by atoms with van der Waals surface area (Å²) in [6.45, 7) is 1.74. The van der Waals surface area contributed by atoms with E-state index in [2.05, 4.69) is 5.32 Å². The van der Waals surface area contributed by atoms with E-state index in [9.17, 15) is 9.90 Å². The Morgan fingerprint density at radius 2 is 1.12 bits per heavy atom. The fourth-order valence-corrected chi connectivity index (χ4v) is 4.24. The normalized spacial score (nSPS) is 13.1. The van der Waals surface area contributed by atoms with Crippen LogP contribution in [0.5, 0.6) is 0 Å². The fraction of sp³-hybridized carbons (Fsp3) is 0.167. The number of nitrogens with one attached hydrogen (secondary N) is 1. The van der Waals surface area contributed by atoms with Crippen LogP contribution in [0.4, 0.5) is 0 Å². The molecule has 0 spiro atoms. The lowest BCUT2D eigenvalue weighted by Gasteiger charge is -2.40. The molecule has 2 N–H and O–H groups in total. The van der Waals surface area contributed by atoms with Gasteiger partial charge in [0.05, 0.1) is 11.6 Å². The molecule has 0 aliphatic rings. The van der Waals surface area contributed by atoms with Crippen molar-refractivity contribution in [2.45, 2.75) is 31.2 Å². The van der Waals surface area contributed by atoms with Gasteiger partial charge in [-0.1, -0.05) is 121 Å². The number of esters is 1. The molecule has 0 saturated heterocycles. The third kappa shape index (κ3) is 5.09. The number of rotatable bonds is 9. The lowest BCUT2D eigenvalue weighted by molar-refractivity contribution is -0.150. The molecule has 0 unspecified atom stereocenters. The molecular weight excluding hydrogens is 422 g/mol. The van der Waals surface area contributed by atoms with Crippen molar-refractivity contribution in [2.24, 2.45) is 0 Å². The van der Waals surface area contributed by atoms with Gasteiger partial charge in [-0.3, -0.25) is 10.1 Å². The van der Waals surface area contributed by atoms with Crippen LogP contribution in [0.3, 0.4) is 0 Å². The maximum Gasteiger partial charge on any atom is 0.326 e. The second-order valence-electron chi connectivity index (χ2n) is 8.30. The average Bonchev–Trinajstić information content (AvgIpc) is 2.90. The first kappa shape index (κ1) is 23.4. The number of carbonyl (C=O) groups excluding carboxylic acids is 1. The van der Waals surface area contributed by atoms with Gasteiger partial charge in [0.25, 0.3) is 0 Å². The highest BCUT2D eigenvalue weighted by Gasteiger charge is 2.41. The molecule has 4 rings (SSSR count). The minimum absolute atomic E-state index is 0.138. The molecule has 0 radical (unpaired) electrons. The van der Waals surface area contributed by atoms with Gasteiger partial charge in [-0.25, -0.2) is 0 Å². The predicted molar refractivity (Wildman–Crippen MR) is 134 cm³/mol. The van der Waals surface area contributed by atoms with Crippen LogP contribution in [-0.4, -0.2) is 23.2 Å². The summed E-state index contributed by atoms with van der Waals surface area (Å²) in [5, 5.41) is 14.2. The molecule has 0 aromatic heterocycles. The van der Waals surface area contributed by atoms with Crippen molar-refractivity contribution < 1.29 is 14.6 Å². The Kier molecular flexibility index (Phi) is 7.53. The van der Waals surface area contributed by atoms with Crippen LogP contribution in [0.25, 0.3) is 0 Å². The summed E-state index contributed by atoms with van der Waals surface area (Å²) in [6, 6.07) is 38.5. The molecule has 0 amide bonds. The monoisotopic (exact) mass is 451 g/mol. The lowest BCUT2D eigenvalue weighted by Crippen LogP contribution is -2.56. The Labute approximate surface area is 200 Å². The van der Waals surface area contributed by atoms with Gasteiger partial charge in [0.2, 0.25) is 0 Å². The number of hydrogen-bond donors (Lipinski definition) is 2. The molecule has 0 heterocycles. The summed E-state index contributed by atoms with van der Waals surface area (Å²) < 4.78 is 5.64. The van der Waals surface area contributed by atoms with Gasteiger partial charge < -0.3 is 9.84 Å². The van der Waals surface area contributed by atoms with E-state index in [-0.39, 0.29) is 6.61 Å². The van der Waals surface area contributed by atoms with Gasteiger partial charge in [-0.05, 0) is 29.2 Å². The van der Waals surface area contributed by atoms with Crippen LogP contribution >= 0.6 is 0 Å². The Bertz CT molecular complexity index is 1070. The zero-order chi connectivity index (χ0) is 23.8. The van der Waals surface area contributed by atoms with Crippen molar-refractivity contribution in [3.05, 3.63) is 144 Å². The summed E-state index contributed by atoms with van der Waals surface area (Å²) in [4.78, 5) is 13.3. The van der Waals surface area contributed by atoms with E-state index in [4.69, 9.17) is 4.74 Å². The van der Waals surface area contributed by atoms with Crippen LogP contribution in [0.1, 0.15) is 29.2 Å². The third-order valence-electron chi connectivity index (χ3n) is 5.95. The van der Waals surface area contributed by atoms with E-state index in [0.29, 0.717) is 0 Å². The zero-order valence-corrected chi connectivity index (χ0v) is 19.2. The van der Waals surface area contributed by atoms with E-state index >= 15 is 0 Å². The minimum Gasteiger partial charge on any atom is -0.460 e. The highest BCUT2D eigenvalue weighted by Crippen LogP contribution is 2.37. The van der Waals surface area contributed by atoms with Gasteiger partial charge in [-0.2, -0.15) is 0 Å². The predicted octanol–water partition coefficient (Wildman–Crippen LogP) is 5.06. The summed E-state index contributed by atoms with van der Waals surface area (Å²) in [6.07, 6.45) is -0.987. The number of aliphatic hydroxyl groups is 1. The first-order valence-electron chi connectivity index (χ1n) is 11.4. The maximum atomic E-state index is 13.3. The molecule has 4 nitrogen and oxygen atoms in total. The van der Waals surface area contributed by atoms with Crippen LogP contribution in [0.15, 0.2) is 121 Å². The Morgan fingerprint density at radius 3 is 1.50 bits per heavy atom. The molecular formula is C30H29NO3. The fourth-order valence-electron chi connectivity index (χ4n) is 4.24. The van der Waals surface area contributed by atoms with Crippen molar-refractivity contribution >= 4 is 5.97 Å². The van der Waals surface area contributed by atoms with E-state index in [1.807, 2.05) is 121 Å². The van der Waals surface area contributed by atoms with Gasteiger partial charge in [-0.15, -0.1) is 0 Å². The molecule has 4 heteroatoms. The van der Waals surface area contributed by atoms with Gasteiger partial charge in [0.1, 0.15) is 12.6 Å².